The number of rotatable bonds is 0. The van der Waals surface area contributed by atoms with Gasteiger partial charge >= 0.3 is 0 Å². The molecule has 0 rings (SSSR count). The van der Waals surface area contributed by atoms with Crippen molar-refractivity contribution < 1.29 is 4.39 Å². The van der Waals surface area contributed by atoms with E-state index in [1.807, 2.05) is 0 Å². The molecule has 0 atom stereocenters. The highest BCUT2D eigenvalue weighted by Crippen LogP contribution is 1.91. The Morgan fingerprint density at radius 2 is 1.60 bits per heavy atom. The third-order valence-corrected chi connectivity index (χ3v) is 0. The smallest absolute Gasteiger partial charge is 0.106 e. The number of hydrogen-bond donors (Lipinski definition) is 0. The molecule has 0 spiro atoms. The van der Waals surface area contributed by atoms with Gasteiger partial charge in [-0.3, -0.25) is 4.39 Å². The summed E-state index contributed by atoms with van der Waals surface area (Å²) in [5.74, 6) is 0. The minimum atomic E-state index is -2.00. The van der Waals surface area contributed by atoms with Gasteiger partial charge < -0.3 is 0 Å². The summed E-state index contributed by atoms with van der Waals surface area (Å²) < 4.78 is 11.2. The fourth-order valence-electron chi connectivity index (χ4n) is 0. The van der Waals surface area contributed by atoms with Gasteiger partial charge in [-0.25, -0.2) is 0 Å². The minimum Gasteiger partial charge on any atom is -0.266 e. The standard InChI is InChI=1S/C2H3B2F/c1-2(3,4)5/h1H3. The molecule has 0 aliphatic heterocycles. The van der Waals surface area contributed by atoms with Crippen LogP contribution in [0.3, 0.4) is 0 Å². The SMILES string of the molecule is [B]C([B])(C)F. The van der Waals surface area contributed by atoms with E-state index in [-0.39, 0.29) is 0 Å². The van der Waals surface area contributed by atoms with Crippen LogP contribution in [-0.4, -0.2) is 21.2 Å². The normalized spacial score (nSPS) is 11.6. The summed E-state index contributed by atoms with van der Waals surface area (Å²) in [6, 6.07) is 0. The highest BCUT2D eigenvalue weighted by Gasteiger charge is 2.01. The Labute approximate surface area is 33.6 Å². The predicted molar refractivity (Wildman–Crippen MR) is 21.0 cm³/mol. The van der Waals surface area contributed by atoms with Crippen LogP contribution in [0.15, 0.2) is 0 Å². The predicted octanol–water partition coefficient (Wildman–Crippen LogP) is -0.0334. The summed E-state index contributed by atoms with van der Waals surface area (Å²) in [5.41, 5.74) is -2.00. The van der Waals surface area contributed by atoms with Crippen molar-refractivity contribution in [2.45, 2.75) is 12.4 Å². The maximum Gasteiger partial charge on any atom is 0.106 e. The molecule has 0 fully saturated rings. The summed E-state index contributed by atoms with van der Waals surface area (Å²) in [5, 5.41) is 0. The first kappa shape index (κ1) is 5.06. The van der Waals surface area contributed by atoms with Crippen molar-refractivity contribution in [1.82, 2.24) is 0 Å². The second kappa shape index (κ2) is 1.04. The van der Waals surface area contributed by atoms with E-state index in [1.54, 1.807) is 0 Å². The quantitative estimate of drug-likeness (QED) is 0.349. The summed E-state index contributed by atoms with van der Waals surface area (Å²) >= 11 is 0. The van der Waals surface area contributed by atoms with E-state index in [4.69, 9.17) is 0 Å². The van der Waals surface area contributed by atoms with Gasteiger partial charge in [0, 0.05) is 5.47 Å². The third kappa shape index (κ3) is 4810. The molecule has 3 heteroatoms. The Hall–Kier alpha value is 0.0599. The van der Waals surface area contributed by atoms with Gasteiger partial charge in [0.25, 0.3) is 0 Å². The Kier molecular flexibility index (Phi) is 1.05. The van der Waals surface area contributed by atoms with Crippen LogP contribution >= 0.6 is 0 Å². The topological polar surface area (TPSA) is 0 Å². The molecule has 0 nitrogen and oxygen atoms in total. The van der Waals surface area contributed by atoms with Crippen LogP contribution in [0.4, 0.5) is 4.39 Å². The van der Waals surface area contributed by atoms with Crippen LogP contribution in [-0.2, 0) is 0 Å². The van der Waals surface area contributed by atoms with Gasteiger partial charge in [-0.15, -0.1) is 0 Å². The van der Waals surface area contributed by atoms with Crippen LogP contribution < -0.4 is 0 Å². The number of alkyl halides is 1. The van der Waals surface area contributed by atoms with Gasteiger partial charge in [0.2, 0.25) is 0 Å². The molecule has 24 valence electrons. The van der Waals surface area contributed by atoms with Crippen molar-refractivity contribution in [2.75, 3.05) is 0 Å². The zero-order valence-electron chi connectivity index (χ0n) is 3.03. The van der Waals surface area contributed by atoms with Gasteiger partial charge in [-0.05, 0) is 6.92 Å². The highest BCUT2D eigenvalue weighted by molar-refractivity contribution is 6.38. The molecule has 0 unspecified atom stereocenters. The highest BCUT2D eigenvalue weighted by atomic mass is 19.1. The molecular weight excluding hydrogens is 64.6 g/mol. The van der Waals surface area contributed by atoms with Crippen molar-refractivity contribution in [2.24, 2.45) is 0 Å². The lowest BCUT2D eigenvalue weighted by atomic mass is 9.69. The second-order valence-electron chi connectivity index (χ2n) is 1.15. The fraction of sp³-hybridized carbons (Fsp3) is 1.00. The van der Waals surface area contributed by atoms with Gasteiger partial charge in [0.05, 0.1) is 0 Å². The van der Waals surface area contributed by atoms with Crippen molar-refractivity contribution >= 4 is 15.7 Å². The van der Waals surface area contributed by atoms with Crippen molar-refractivity contribution in [1.29, 1.82) is 0 Å². The molecule has 0 amide bonds. The Bertz CT molecular complexity index is 23.1. The van der Waals surface area contributed by atoms with E-state index in [1.165, 1.54) is 0 Å². The number of halogens is 1. The van der Waals surface area contributed by atoms with E-state index in [2.05, 4.69) is 15.7 Å². The summed E-state index contributed by atoms with van der Waals surface area (Å²) in [7, 11) is 8.93. The molecular formula is C2H3B2F. The van der Waals surface area contributed by atoms with Crippen LogP contribution in [0.25, 0.3) is 0 Å². The average molecular weight is 67.7 g/mol. The molecule has 4 radical (unpaired) electrons. The number of hydrogen-bond acceptors (Lipinski definition) is 0. The van der Waals surface area contributed by atoms with E-state index >= 15 is 0 Å². The van der Waals surface area contributed by atoms with E-state index in [0.717, 1.165) is 6.92 Å². The first-order valence-electron chi connectivity index (χ1n) is 1.27. The lowest BCUT2D eigenvalue weighted by Gasteiger charge is -2.00. The maximum atomic E-state index is 11.2. The van der Waals surface area contributed by atoms with Crippen molar-refractivity contribution in [3.63, 3.8) is 0 Å². The van der Waals surface area contributed by atoms with Crippen LogP contribution in [0.5, 0.6) is 0 Å². The van der Waals surface area contributed by atoms with Crippen molar-refractivity contribution in [3.8, 4) is 0 Å². The summed E-state index contributed by atoms with van der Waals surface area (Å²) in [4.78, 5) is 0. The van der Waals surface area contributed by atoms with E-state index < -0.39 is 5.47 Å². The van der Waals surface area contributed by atoms with Crippen molar-refractivity contribution in [3.05, 3.63) is 0 Å². The maximum absolute atomic E-state index is 11.2. The molecule has 0 saturated carbocycles. The average Bonchev–Trinajstić information content (AvgIpc) is 0.722. The van der Waals surface area contributed by atoms with Crippen LogP contribution in [0, 0.1) is 0 Å². The molecule has 0 bridgehead atoms. The molecule has 0 aromatic carbocycles. The Morgan fingerprint density at radius 3 is 1.60 bits per heavy atom. The molecule has 5 heavy (non-hydrogen) atoms. The van der Waals surface area contributed by atoms with E-state index in [9.17, 15) is 4.39 Å². The fourth-order valence-corrected chi connectivity index (χ4v) is 0. The van der Waals surface area contributed by atoms with Gasteiger partial charge in [-0.1, -0.05) is 0 Å². The Balaban J connectivity index is 3.02. The molecule has 0 aromatic heterocycles. The second-order valence-corrected chi connectivity index (χ2v) is 1.15. The van der Waals surface area contributed by atoms with Crippen LogP contribution in [0.1, 0.15) is 6.92 Å². The molecule has 0 aliphatic carbocycles. The molecule has 0 heterocycles. The summed E-state index contributed by atoms with van der Waals surface area (Å²) in [6.07, 6.45) is 0. The molecule has 0 aromatic rings. The minimum absolute atomic E-state index is 1.08. The summed E-state index contributed by atoms with van der Waals surface area (Å²) in [6.45, 7) is 1.08. The van der Waals surface area contributed by atoms with E-state index in [0.29, 0.717) is 0 Å². The lowest BCUT2D eigenvalue weighted by molar-refractivity contribution is 0.422. The molecule has 0 aliphatic rings. The van der Waals surface area contributed by atoms with Gasteiger partial charge in [0.15, 0.2) is 0 Å². The first-order valence-corrected chi connectivity index (χ1v) is 1.27. The largest absolute Gasteiger partial charge is 0.266 e. The lowest BCUT2D eigenvalue weighted by Crippen LogP contribution is -2.15. The molecule has 0 N–H and O–H groups in total. The first-order chi connectivity index (χ1) is 2.00. The third-order valence-electron chi connectivity index (χ3n) is 0. The Morgan fingerprint density at radius 1 is 1.60 bits per heavy atom. The van der Waals surface area contributed by atoms with Gasteiger partial charge in [-0.2, -0.15) is 0 Å². The molecule has 0 saturated heterocycles. The zero-order valence-corrected chi connectivity index (χ0v) is 3.03. The monoisotopic (exact) mass is 68.0 g/mol. The zero-order chi connectivity index (χ0) is 4.50. The van der Waals surface area contributed by atoms with Gasteiger partial charge in [0.1, 0.15) is 15.7 Å². The van der Waals surface area contributed by atoms with Crippen LogP contribution in [0.2, 0.25) is 0 Å².